The summed E-state index contributed by atoms with van der Waals surface area (Å²) >= 11 is 0. The highest BCUT2D eigenvalue weighted by Crippen LogP contribution is 2.32. The van der Waals surface area contributed by atoms with E-state index in [1.54, 1.807) is 0 Å². The van der Waals surface area contributed by atoms with Gasteiger partial charge < -0.3 is 0 Å². The predicted molar refractivity (Wildman–Crippen MR) is 95.5 cm³/mol. The summed E-state index contributed by atoms with van der Waals surface area (Å²) < 4.78 is 0. The average molecular weight is 264 g/mol. The van der Waals surface area contributed by atoms with E-state index in [2.05, 4.69) is 56.5 Å². The third-order valence-corrected chi connectivity index (χ3v) is 3.38. The van der Waals surface area contributed by atoms with Crippen LogP contribution in [0.3, 0.4) is 0 Å². The summed E-state index contributed by atoms with van der Waals surface area (Å²) in [6.45, 7) is 16.2. The number of benzene rings is 1. The maximum Gasteiger partial charge on any atom is -0.0105 e. The average Bonchev–Trinajstić information content (AvgIpc) is 2.44. The first-order valence-electron chi connectivity index (χ1n) is 6.99. The van der Waals surface area contributed by atoms with Gasteiger partial charge in [0.25, 0.3) is 0 Å². The molecular formula is C20H24. The lowest BCUT2D eigenvalue weighted by Gasteiger charge is -2.18. The van der Waals surface area contributed by atoms with Gasteiger partial charge in [0.05, 0.1) is 0 Å². The van der Waals surface area contributed by atoms with Gasteiger partial charge in [0.1, 0.15) is 0 Å². The van der Waals surface area contributed by atoms with E-state index < -0.39 is 0 Å². The molecule has 0 amide bonds. The van der Waals surface area contributed by atoms with E-state index in [1.165, 1.54) is 27.8 Å². The summed E-state index contributed by atoms with van der Waals surface area (Å²) in [4.78, 5) is 0. The van der Waals surface area contributed by atoms with Crippen LogP contribution in [0.25, 0.3) is 30.4 Å². The summed E-state index contributed by atoms with van der Waals surface area (Å²) in [5.41, 5.74) is 7.25. The molecule has 0 atom stereocenters. The van der Waals surface area contributed by atoms with Crippen LogP contribution in [0.2, 0.25) is 0 Å². The first-order chi connectivity index (χ1) is 9.65. The second-order valence-corrected chi connectivity index (χ2v) is 4.60. The largest absolute Gasteiger partial charge is 0.0984 e. The highest BCUT2D eigenvalue weighted by Gasteiger charge is 2.14. The lowest BCUT2D eigenvalue weighted by atomic mass is 9.86. The molecule has 1 rings (SSSR count). The lowest BCUT2D eigenvalue weighted by molar-refractivity contribution is 1.37. The summed E-state index contributed by atoms with van der Waals surface area (Å²) in [5.74, 6) is 0. The number of allylic oxidation sites excluding steroid dienone is 3. The van der Waals surface area contributed by atoms with E-state index in [0.29, 0.717) is 0 Å². The molecule has 20 heavy (non-hydrogen) atoms. The van der Waals surface area contributed by atoms with Crippen LogP contribution in [0.5, 0.6) is 0 Å². The molecule has 0 bridgehead atoms. The lowest BCUT2D eigenvalue weighted by Crippen LogP contribution is -1.99. The van der Waals surface area contributed by atoms with Crippen molar-refractivity contribution >= 4 is 30.4 Å². The van der Waals surface area contributed by atoms with E-state index in [9.17, 15) is 0 Å². The van der Waals surface area contributed by atoms with Gasteiger partial charge in [-0.25, -0.2) is 0 Å². The summed E-state index contributed by atoms with van der Waals surface area (Å²) in [7, 11) is 0. The molecule has 1 aromatic rings. The van der Waals surface area contributed by atoms with Crippen molar-refractivity contribution in [1.29, 1.82) is 0 Å². The Morgan fingerprint density at radius 3 is 1.40 bits per heavy atom. The summed E-state index contributed by atoms with van der Waals surface area (Å²) in [6.07, 6.45) is 16.5. The molecule has 0 heteroatoms. The first kappa shape index (κ1) is 16.0. The van der Waals surface area contributed by atoms with Crippen LogP contribution in [0, 0.1) is 6.92 Å². The van der Waals surface area contributed by atoms with Gasteiger partial charge in [-0.2, -0.15) is 0 Å². The number of hydrogen-bond donors (Lipinski definition) is 0. The van der Waals surface area contributed by atoms with Crippen LogP contribution in [0.1, 0.15) is 54.2 Å². The van der Waals surface area contributed by atoms with E-state index in [4.69, 9.17) is 0 Å². The van der Waals surface area contributed by atoms with Crippen LogP contribution >= 0.6 is 0 Å². The van der Waals surface area contributed by atoms with E-state index >= 15 is 0 Å². The molecule has 0 spiro atoms. The van der Waals surface area contributed by atoms with Crippen LogP contribution < -0.4 is 0 Å². The Bertz CT molecular complexity index is 593. The molecule has 0 aliphatic carbocycles. The van der Waals surface area contributed by atoms with Gasteiger partial charge >= 0.3 is 0 Å². The fourth-order valence-electron chi connectivity index (χ4n) is 2.54. The molecule has 0 nitrogen and oxygen atoms in total. The molecule has 0 N–H and O–H groups in total. The maximum atomic E-state index is 4.00. The van der Waals surface area contributed by atoms with Gasteiger partial charge in [0, 0.05) is 0 Å². The highest BCUT2D eigenvalue weighted by molar-refractivity contribution is 5.86. The molecule has 0 heterocycles. The smallest absolute Gasteiger partial charge is 0.0105 e. The third-order valence-electron chi connectivity index (χ3n) is 3.38. The minimum absolute atomic E-state index is 1.16. The van der Waals surface area contributed by atoms with Crippen LogP contribution in [0.15, 0.2) is 31.4 Å². The molecule has 0 saturated heterocycles. The summed E-state index contributed by atoms with van der Waals surface area (Å²) in [5, 5.41) is 0. The fourth-order valence-corrected chi connectivity index (χ4v) is 2.54. The quantitative estimate of drug-likeness (QED) is 0.578. The Balaban J connectivity index is 3.98. The highest BCUT2D eigenvalue weighted by atomic mass is 14.2. The third kappa shape index (κ3) is 2.91. The zero-order chi connectivity index (χ0) is 15.1. The molecule has 104 valence electrons. The Morgan fingerprint density at radius 1 is 0.600 bits per heavy atom. The van der Waals surface area contributed by atoms with Crippen molar-refractivity contribution in [1.82, 2.24) is 0 Å². The van der Waals surface area contributed by atoms with E-state index in [1.807, 2.05) is 32.9 Å². The second-order valence-electron chi connectivity index (χ2n) is 4.60. The zero-order valence-electron chi connectivity index (χ0n) is 13.0. The van der Waals surface area contributed by atoms with Gasteiger partial charge in [-0.15, -0.1) is 0 Å². The number of hydrogen-bond acceptors (Lipinski definition) is 0. The molecule has 0 aliphatic heterocycles. The monoisotopic (exact) mass is 264 g/mol. The zero-order valence-corrected chi connectivity index (χ0v) is 13.0. The van der Waals surface area contributed by atoms with Crippen molar-refractivity contribution in [2.45, 2.75) is 27.7 Å². The minimum atomic E-state index is 1.16. The van der Waals surface area contributed by atoms with Crippen LogP contribution in [-0.2, 0) is 0 Å². The Labute approximate surface area is 123 Å². The molecule has 0 unspecified atom stereocenters. The van der Waals surface area contributed by atoms with Crippen molar-refractivity contribution in [3.05, 3.63) is 64.8 Å². The molecule has 0 fully saturated rings. The van der Waals surface area contributed by atoms with E-state index in [-0.39, 0.29) is 0 Å². The number of rotatable bonds is 5. The Morgan fingerprint density at radius 2 is 1.00 bits per heavy atom. The van der Waals surface area contributed by atoms with E-state index in [0.717, 1.165) is 5.56 Å². The van der Waals surface area contributed by atoms with Crippen molar-refractivity contribution in [2.75, 3.05) is 0 Å². The predicted octanol–water partition coefficient (Wildman–Crippen LogP) is 6.38. The Kier molecular flexibility index (Phi) is 5.99. The fraction of sp³-hybridized carbons (Fsp3) is 0.200. The molecule has 1 aromatic carbocycles. The van der Waals surface area contributed by atoms with Crippen molar-refractivity contribution in [2.24, 2.45) is 0 Å². The molecule has 0 aromatic heterocycles. The normalized spacial score (nSPS) is 11.8. The molecule has 0 radical (unpaired) electrons. The second kappa shape index (κ2) is 7.49. The summed E-state index contributed by atoms with van der Waals surface area (Å²) in [6, 6.07) is 0. The minimum Gasteiger partial charge on any atom is -0.0984 e. The molecular weight excluding hydrogens is 240 g/mol. The van der Waals surface area contributed by atoms with Crippen molar-refractivity contribution in [3.8, 4) is 0 Å². The SMILES string of the molecule is C=Cc1c(C)c(/C=C\C)c(/C=C\C)c(C=C)c1/C=C\C. The van der Waals surface area contributed by atoms with Gasteiger partial charge in [-0.05, 0) is 61.1 Å². The Hall–Kier alpha value is -2.08. The van der Waals surface area contributed by atoms with Crippen molar-refractivity contribution in [3.63, 3.8) is 0 Å². The van der Waals surface area contributed by atoms with Crippen LogP contribution in [-0.4, -0.2) is 0 Å². The standard InChI is InChI=1S/C20H24/c1-7-12-18-15(6)16(10-4)19(13-8-2)17(11-5)20(18)14-9-3/h7-14H,4-5H2,1-3,6H3/b12-7-,13-8-,14-9-. The van der Waals surface area contributed by atoms with Gasteiger partial charge in [0.2, 0.25) is 0 Å². The van der Waals surface area contributed by atoms with Crippen molar-refractivity contribution < 1.29 is 0 Å². The maximum absolute atomic E-state index is 4.00. The first-order valence-corrected chi connectivity index (χ1v) is 6.99. The molecule has 0 saturated carbocycles. The van der Waals surface area contributed by atoms with Gasteiger partial charge in [-0.1, -0.05) is 61.8 Å². The van der Waals surface area contributed by atoms with Gasteiger partial charge in [0.15, 0.2) is 0 Å². The van der Waals surface area contributed by atoms with Crippen LogP contribution in [0.4, 0.5) is 0 Å². The topological polar surface area (TPSA) is 0 Å². The van der Waals surface area contributed by atoms with Gasteiger partial charge in [-0.3, -0.25) is 0 Å². The molecule has 0 aliphatic rings.